The summed E-state index contributed by atoms with van der Waals surface area (Å²) in [6.07, 6.45) is 3.01. The first-order valence-corrected chi connectivity index (χ1v) is 7.01. The molecule has 0 saturated carbocycles. The van der Waals surface area contributed by atoms with Crippen molar-refractivity contribution in [1.82, 2.24) is 0 Å². The Kier molecular flexibility index (Phi) is 4.89. The summed E-state index contributed by atoms with van der Waals surface area (Å²) in [5, 5.41) is 0. The van der Waals surface area contributed by atoms with Gasteiger partial charge in [-0.2, -0.15) is 0 Å². The van der Waals surface area contributed by atoms with Crippen LogP contribution < -0.4 is 5.73 Å². The number of halogens is 1. The first-order valence-electron chi connectivity index (χ1n) is 7.01. The molecular formula is C19H19FN2. The Labute approximate surface area is 130 Å². The van der Waals surface area contributed by atoms with Gasteiger partial charge in [0, 0.05) is 17.5 Å². The summed E-state index contributed by atoms with van der Waals surface area (Å²) in [5.74, 6) is -0.331. The molecule has 112 valence electrons. The third-order valence-corrected chi connectivity index (χ3v) is 3.30. The Morgan fingerprint density at radius 2 is 1.95 bits per heavy atom. The van der Waals surface area contributed by atoms with Gasteiger partial charge in [0.2, 0.25) is 0 Å². The Hall–Kier alpha value is -2.68. The third-order valence-electron chi connectivity index (χ3n) is 3.30. The number of aliphatic imine (C=N–C) groups is 1. The van der Waals surface area contributed by atoms with Gasteiger partial charge in [-0.05, 0) is 48.7 Å². The molecule has 0 aromatic heterocycles. The highest BCUT2D eigenvalue weighted by Crippen LogP contribution is 2.25. The van der Waals surface area contributed by atoms with Gasteiger partial charge in [-0.3, -0.25) is 4.99 Å². The summed E-state index contributed by atoms with van der Waals surface area (Å²) in [7, 11) is 0. The van der Waals surface area contributed by atoms with Crippen molar-refractivity contribution in [2.45, 2.75) is 13.8 Å². The fourth-order valence-corrected chi connectivity index (χ4v) is 2.19. The highest BCUT2D eigenvalue weighted by atomic mass is 19.1. The van der Waals surface area contributed by atoms with E-state index in [0.717, 1.165) is 16.7 Å². The summed E-state index contributed by atoms with van der Waals surface area (Å²) in [6, 6.07) is 13.0. The van der Waals surface area contributed by atoms with Crippen LogP contribution in [0.15, 0.2) is 72.0 Å². The van der Waals surface area contributed by atoms with Crippen molar-refractivity contribution in [3.63, 3.8) is 0 Å². The average Bonchev–Trinajstić information content (AvgIpc) is 2.49. The zero-order valence-corrected chi connectivity index (χ0v) is 12.8. The van der Waals surface area contributed by atoms with Gasteiger partial charge in [0.1, 0.15) is 5.82 Å². The lowest BCUT2D eigenvalue weighted by Crippen LogP contribution is -2.01. The van der Waals surface area contributed by atoms with Gasteiger partial charge < -0.3 is 5.73 Å². The molecule has 0 heterocycles. The molecule has 2 rings (SSSR count). The third kappa shape index (κ3) is 3.50. The van der Waals surface area contributed by atoms with Crippen molar-refractivity contribution in [2.75, 3.05) is 0 Å². The van der Waals surface area contributed by atoms with Crippen LogP contribution in [0.3, 0.4) is 0 Å². The maximum atomic E-state index is 14.4. The van der Waals surface area contributed by atoms with Crippen molar-refractivity contribution in [3.05, 3.63) is 84.0 Å². The molecule has 2 aromatic rings. The van der Waals surface area contributed by atoms with E-state index in [2.05, 4.69) is 11.6 Å². The van der Waals surface area contributed by atoms with Crippen LogP contribution in [0.1, 0.15) is 18.1 Å². The summed E-state index contributed by atoms with van der Waals surface area (Å²) >= 11 is 0. The lowest BCUT2D eigenvalue weighted by molar-refractivity contribution is 0.626. The molecular weight excluding hydrogens is 275 g/mol. The van der Waals surface area contributed by atoms with E-state index in [1.807, 2.05) is 37.3 Å². The minimum absolute atomic E-state index is 0.331. The molecule has 0 aliphatic carbocycles. The molecule has 2 N–H and O–H groups in total. The second-order valence-electron chi connectivity index (χ2n) is 5.10. The predicted molar refractivity (Wildman–Crippen MR) is 91.3 cm³/mol. The molecule has 0 aliphatic heterocycles. The van der Waals surface area contributed by atoms with Crippen molar-refractivity contribution >= 4 is 5.71 Å². The summed E-state index contributed by atoms with van der Waals surface area (Å²) in [5.41, 5.74) is 9.93. The maximum Gasteiger partial charge on any atom is 0.133 e. The summed E-state index contributed by atoms with van der Waals surface area (Å²) in [4.78, 5) is 4.16. The van der Waals surface area contributed by atoms with Crippen LogP contribution in [0, 0.1) is 12.7 Å². The van der Waals surface area contributed by atoms with Crippen molar-refractivity contribution in [2.24, 2.45) is 10.7 Å². The Morgan fingerprint density at radius 1 is 1.23 bits per heavy atom. The molecule has 0 amide bonds. The van der Waals surface area contributed by atoms with E-state index in [1.165, 1.54) is 18.3 Å². The first kappa shape index (κ1) is 15.7. The molecule has 0 aliphatic rings. The predicted octanol–water partition coefficient (Wildman–Crippen LogP) is 4.60. The van der Waals surface area contributed by atoms with Crippen molar-refractivity contribution in [3.8, 4) is 11.1 Å². The molecule has 2 aromatic carbocycles. The van der Waals surface area contributed by atoms with Gasteiger partial charge in [0.05, 0.1) is 5.71 Å². The standard InChI is InChI=1S/C19H19FN2/c1-4-19(22-12-14(3)21)17-10-9-15(11-18(17)20)16-8-6-5-7-13(16)2/h4-12H,1,21H2,2-3H3/b14-12+,22-19+. The molecule has 0 unspecified atom stereocenters. The van der Waals surface area contributed by atoms with Crippen LogP contribution in [0.4, 0.5) is 4.39 Å². The Morgan fingerprint density at radius 3 is 2.55 bits per heavy atom. The molecule has 0 atom stereocenters. The van der Waals surface area contributed by atoms with Crippen LogP contribution in [-0.2, 0) is 0 Å². The Balaban J connectivity index is 2.46. The van der Waals surface area contributed by atoms with E-state index in [9.17, 15) is 4.39 Å². The zero-order chi connectivity index (χ0) is 16.1. The number of hydrogen-bond acceptors (Lipinski definition) is 2. The number of hydrogen-bond donors (Lipinski definition) is 1. The molecule has 0 saturated heterocycles. The van der Waals surface area contributed by atoms with E-state index in [-0.39, 0.29) is 5.82 Å². The van der Waals surface area contributed by atoms with Crippen LogP contribution in [0.5, 0.6) is 0 Å². The second kappa shape index (κ2) is 6.85. The zero-order valence-electron chi connectivity index (χ0n) is 12.8. The fourth-order valence-electron chi connectivity index (χ4n) is 2.19. The van der Waals surface area contributed by atoms with Crippen molar-refractivity contribution in [1.29, 1.82) is 0 Å². The number of rotatable bonds is 4. The minimum Gasteiger partial charge on any atom is -0.401 e. The van der Waals surface area contributed by atoms with Crippen LogP contribution in [0.2, 0.25) is 0 Å². The average molecular weight is 294 g/mol. The van der Waals surface area contributed by atoms with E-state index in [0.29, 0.717) is 17.0 Å². The van der Waals surface area contributed by atoms with Gasteiger partial charge in [-0.1, -0.05) is 36.9 Å². The highest BCUT2D eigenvalue weighted by molar-refractivity contribution is 6.09. The Bertz CT molecular complexity index is 754. The van der Waals surface area contributed by atoms with Crippen LogP contribution in [0.25, 0.3) is 11.1 Å². The molecule has 22 heavy (non-hydrogen) atoms. The van der Waals surface area contributed by atoms with Gasteiger partial charge >= 0.3 is 0 Å². The maximum absolute atomic E-state index is 14.4. The monoisotopic (exact) mass is 294 g/mol. The second-order valence-corrected chi connectivity index (χ2v) is 5.10. The van der Waals surface area contributed by atoms with E-state index < -0.39 is 0 Å². The topological polar surface area (TPSA) is 38.4 Å². The molecule has 0 bridgehead atoms. The number of nitrogens with zero attached hydrogens (tertiary/aromatic N) is 1. The smallest absolute Gasteiger partial charge is 0.133 e. The summed E-state index contributed by atoms with van der Waals surface area (Å²) in [6.45, 7) is 7.41. The minimum atomic E-state index is -0.331. The molecule has 0 spiro atoms. The van der Waals surface area contributed by atoms with Crippen molar-refractivity contribution < 1.29 is 4.39 Å². The molecule has 3 heteroatoms. The number of allylic oxidation sites excluding steroid dienone is 2. The first-order chi connectivity index (χ1) is 10.5. The van der Waals surface area contributed by atoms with Gasteiger partial charge in [-0.15, -0.1) is 0 Å². The lowest BCUT2D eigenvalue weighted by Gasteiger charge is -2.09. The highest BCUT2D eigenvalue weighted by Gasteiger charge is 2.09. The van der Waals surface area contributed by atoms with Crippen LogP contribution >= 0.6 is 0 Å². The number of nitrogens with two attached hydrogens (primary N) is 1. The SMILES string of the molecule is C=C/C(=N\C=C(/C)N)c1ccc(-c2ccccc2C)cc1F. The van der Waals surface area contributed by atoms with Crippen LogP contribution in [-0.4, -0.2) is 5.71 Å². The van der Waals surface area contributed by atoms with E-state index >= 15 is 0 Å². The quantitative estimate of drug-likeness (QED) is 0.822. The van der Waals surface area contributed by atoms with E-state index in [4.69, 9.17) is 5.73 Å². The summed E-state index contributed by atoms with van der Waals surface area (Å²) < 4.78 is 14.4. The number of benzene rings is 2. The molecule has 0 fully saturated rings. The van der Waals surface area contributed by atoms with Gasteiger partial charge in [0.15, 0.2) is 0 Å². The largest absolute Gasteiger partial charge is 0.401 e. The fraction of sp³-hybridized carbons (Fsp3) is 0.105. The van der Waals surface area contributed by atoms with E-state index in [1.54, 1.807) is 13.0 Å². The van der Waals surface area contributed by atoms with Gasteiger partial charge in [-0.25, -0.2) is 4.39 Å². The number of aryl methyl sites for hydroxylation is 1. The molecule has 2 nitrogen and oxygen atoms in total. The van der Waals surface area contributed by atoms with Gasteiger partial charge in [0.25, 0.3) is 0 Å². The molecule has 0 radical (unpaired) electrons. The normalized spacial score (nSPS) is 12.3. The lowest BCUT2D eigenvalue weighted by atomic mass is 9.98.